The molecule has 0 saturated heterocycles. The number of amides is 1. The molecule has 1 aromatic carbocycles. The fraction of sp³-hybridized carbons (Fsp3) is 0.357. The van der Waals surface area contributed by atoms with Crippen LogP contribution in [0.2, 0.25) is 0 Å². The topological polar surface area (TPSA) is 20.3 Å². The first kappa shape index (κ1) is 12.5. The van der Waals surface area contributed by atoms with Crippen molar-refractivity contribution in [1.29, 1.82) is 0 Å². The van der Waals surface area contributed by atoms with E-state index >= 15 is 0 Å². The van der Waals surface area contributed by atoms with Crippen molar-refractivity contribution in [3.63, 3.8) is 0 Å². The summed E-state index contributed by atoms with van der Waals surface area (Å²) in [4.78, 5) is 13.1. The minimum atomic E-state index is 0.118. The molecule has 16 heavy (non-hydrogen) atoms. The van der Waals surface area contributed by atoms with Gasteiger partial charge in [0.25, 0.3) is 0 Å². The summed E-state index contributed by atoms with van der Waals surface area (Å²) in [5.41, 5.74) is 1.32. The van der Waals surface area contributed by atoms with Crippen LogP contribution in [0.4, 0.5) is 0 Å². The van der Waals surface area contributed by atoms with Gasteiger partial charge in [0, 0.05) is 20.0 Å². The molecule has 0 atom stereocenters. The van der Waals surface area contributed by atoms with Crippen LogP contribution < -0.4 is 0 Å². The lowest BCUT2D eigenvalue weighted by atomic mass is 10.1. The molecule has 0 fully saturated rings. The van der Waals surface area contributed by atoms with Crippen LogP contribution in [0.15, 0.2) is 43.0 Å². The molecule has 0 aliphatic heterocycles. The number of carbonyl (C=O) groups is 1. The maximum atomic E-state index is 11.3. The number of aryl methyl sites for hydroxylation is 1. The van der Waals surface area contributed by atoms with Gasteiger partial charge >= 0.3 is 0 Å². The molecule has 0 saturated carbocycles. The van der Waals surface area contributed by atoms with Gasteiger partial charge in [-0.05, 0) is 18.4 Å². The maximum Gasteiger partial charge on any atom is 0.219 e. The Morgan fingerprint density at radius 1 is 1.38 bits per heavy atom. The molecule has 2 heteroatoms. The molecule has 0 radical (unpaired) electrons. The second kappa shape index (κ2) is 6.83. The summed E-state index contributed by atoms with van der Waals surface area (Å²) >= 11 is 0. The Hall–Kier alpha value is -1.57. The fourth-order valence-corrected chi connectivity index (χ4v) is 1.65. The van der Waals surface area contributed by atoms with Crippen LogP contribution in [-0.4, -0.2) is 23.9 Å². The highest BCUT2D eigenvalue weighted by atomic mass is 16.2. The van der Waals surface area contributed by atoms with E-state index in [1.54, 1.807) is 13.0 Å². The number of hydrogen-bond donors (Lipinski definition) is 0. The Kier molecular flexibility index (Phi) is 5.34. The molecule has 0 aliphatic carbocycles. The number of nitrogens with zero attached hydrogens (tertiary/aromatic N) is 1. The van der Waals surface area contributed by atoms with Crippen molar-refractivity contribution < 1.29 is 4.79 Å². The van der Waals surface area contributed by atoms with Crippen LogP contribution in [0.25, 0.3) is 0 Å². The van der Waals surface area contributed by atoms with E-state index in [4.69, 9.17) is 0 Å². The Labute approximate surface area is 97.6 Å². The fourth-order valence-electron chi connectivity index (χ4n) is 1.65. The van der Waals surface area contributed by atoms with Gasteiger partial charge in [0.1, 0.15) is 0 Å². The number of rotatable bonds is 6. The third-order valence-corrected chi connectivity index (χ3v) is 2.53. The monoisotopic (exact) mass is 217 g/mol. The van der Waals surface area contributed by atoms with Gasteiger partial charge in [-0.3, -0.25) is 4.79 Å². The van der Waals surface area contributed by atoms with E-state index < -0.39 is 0 Å². The van der Waals surface area contributed by atoms with Gasteiger partial charge in [-0.25, -0.2) is 0 Å². The van der Waals surface area contributed by atoms with E-state index in [0.717, 1.165) is 19.4 Å². The minimum absolute atomic E-state index is 0.118. The average molecular weight is 217 g/mol. The van der Waals surface area contributed by atoms with Crippen LogP contribution in [0, 0.1) is 0 Å². The second-order valence-corrected chi connectivity index (χ2v) is 3.84. The van der Waals surface area contributed by atoms with E-state index in [9.17, 15) is 4.79 Å². The Morgan fingerprint density at radius 3 is 2.62 bits per heavy atom. The Balaban J connectivity index is 2.33. The van der Waals surface area contributed by atoms with E-state index in [1.807, 2.05) is 23.1 Å². The van der Waals surface area contributed by atoms with Gasteiger partial charge in [-0.2, -0.15) is 0 Å². The standard InChI is InChI=1S/C14H19NO/c1-3-11-15(13(2)16)12-7-10-14-8-5-4-6-9-14/h3-6,8-9H,1,7,10-12H2,2H3. The number of benzene rings is 1. The first-order valence-corrected chi connectivity index (χ1v) is 5.64. The SMILES string of the molecule is C=CCN(CCCc1ccccc1)C(C)=O. The zero-order chi connectivity index (χ0) is 11.8. The number of carbonyl (C=O) groups excluding carboxylic acids is 1. The normalized spacial score (nSPS) is 9.81. The molecule has 1 aromatic rings. The quantitative estimate of drug-likeness (QED) is 0.671. The van der Waals surface area contributed by atoms with Crippen molar-refractivity contribution in [3.05, 3.63) is 48.6 Å². The van der Waals surface area contributed by atoms with Crippen molar-refractivity contribution in [2.45, 2.75) is 19.8 Å². The van der Waals surface area contributed by atoms with Gasteiger partial charge < -0.3 is 4.90 Å². The van der Waals surface area contributed by atoms with Gasteiger partial charge in [0.15, 0.2) is 0 Å². The number of hydrogen-bond acceptors (Lipinski definition) is 1. The summed E-state index contributed by atoms with van der Waals surface area (Å²) in [6.45, 7) is 6.70. The molecule has 0 spiro atoms. The average Bonchev–Trinajstić information content (AvgIpc) is 2.29. The van der Waals surface area contributed by atoms with Crippen molar-refractivity contribution in [2.24, 2.45) is 0 Å². The Morgan fingerprint density at radius 2 is 2.06 bits per heavy atom. The summed E-state index contributed by atoms with van der Waals surface area (Å²) in [5.74, 6) is 0.118. The van der Waals surface area contributed by atoms with Crippen molar-refractivity contribution in [3.8, 4) is 0 Å². The maximum absolute atomic E-state index is 11.3. The first-order valence-electron chi connectivity index (χ1n) is 5.64. The van der Waals surface area contributed by atoms with E-state index in [0.29, 0.717) is 6.54 Å². The van der Waals surface area contributed by atoms with Crippen LogP contribution in [0.3, 0.4) is 0 Å². The molecule has 0 bridgehead atoms. The summed E-state index contributed by atoms with van der Waals surface area (Å²) < 4.78 is 0. The van der Waals surface area contributed by atoms with Crippen molar-refractivity contribution in [1.82, 2.24) is 4.90 Å². The highest BCUT2D eigenvalue weighted by Crippen LogP contribution is 2.03. The van der Waals surface area contributed by atoms with Crippen LogP contribution >= 0.6 is 0 Å². The van der Waals surface area contributed by atoms with Crippen molar-refractivity contribution >= 4 is 5.91 Å². The van der Waals surface area contributed by atoms with Gasteiger partial charge in [0.2, 0.25) is 5.91 Å². The van der Waals surface area contributed by atoms with E-state index in [-0.39, 0.29) is 5.91 Å². The molecule has 0 aliphatic rings. The summed E-state index contributed by atoms with van der Waals surface area (Å²) in [7, 11) is 0. The Bertz CT molecular complexity index is 332. The summed E-state index contributed by atoms with van der Waals surface area (Å²) in [5, 5.41) is 0. The largest absolute Gasteiger partial charge is 0.339 e. The predicted molar refractivity (Wildman–Crippen MR) is 67.2 cm³/mol. The molecule has 1 amide bonds. The van der Waals surface area contributed by atoms with Gasteiger partial charge in [-0.15, -0.1) is 6.58 Å². The van der Waals surface area contributed by atoms with Gasteiger partial charge in [-0.1, -0.05) is 36.4 Å². The zero-order valence-corrected chi connectivity index (χ0v) is 9.86. The lowest BCUT2D eigenvalue weighted by Crippen LogP contribution is -2.30. The molecular weight excluding hydrogens is 198 g/mol. The zero-order valence-electron chi connectivity index (χ0n) is 9.86. The van der Waals surface area contributed by atoms with Gasteiger partial charge in [0.05, 0.1) is 0 Å². The molecule has 1 rings (SSSR count). The molecule has 0 aromatic heterocycles. The lowest BCUT2D eigenvalue weighted by Gasteiger charge is -2.18. The first-order chi connectivity index (χ1) is 7.74. The molecular formula is C14H19NO. The minimum Gasteiger partial charge on any atom is -0.339 e. The highest BCUT2D eigenvalue weighted by Gasteiger charge is 2.05. The molecule has 86 valence electrons. The molecule has 0 N–H and O–H groups in total. The summed E-state index contributed by atoms with van der Waals surface area (Å²) in [6, 6.07) is 10.3. The van der Waals surface area contributed by atoms with E-state index in [2.05, 4.69) is 18.7 Å². The van der Waals surface area contributed by atoms with E-state index in [1.165, 1.54) is 5.56 Å². The van der Waals surface area contributed by atoms with Crippen LogP contribution in [0.1, 0.15) is 18.9 Å². The third kappa shape index (κ3) is 4.30. The summed E-state index contributed by atoms with van der Waals surface area (Å²) in [6.07, 6.45) is 3.78. The smallest absolute Gasteiger partial charge is 0.219 e. The molecule has 2 nitrogen and oxygen atoms in total. The molecule has 0 unspecified atom stereocenters. The lowest BCUT2D eigenvalue weighted by molar-refractivity contribution is -0.128. The highest BCUT2D eigenvalue weighted by molar-refractivity contribution is 5.73. The second-order valence-electron chi connectivity index (χ2n) is 3.84. The third-order valence-electron chi connectivity index (χ3n) is 2.53. The van der Waals surface area contributed by atoms with Crippen LogP contribution in [-0.2, 0) is 11.2 Å². The van der Waals surface area contributed by atoms with Crippen LogP contribution in [0.5, 0.6) is 0 Å². The predicted octanol–water partition coefficient (Wildman–Crippen LogP) is 2.65. The molecule has 0 heterocycles. The van der Waals surface area contributed by atoms with Crippen molar-refractivity contribution in [2.75, 3.05) is 13.1 Å².